The van der Waals surface area contributed by atoms with E-state index >= 15 is 0 Å². The van der Waals surface area contributed by atoms with Crippen LogP contribution < -0.4 is 5.32 Å². The number of carbonyl (C=O) groups excluding carboxylic acids is 1. The number of hydrogen-bond donors (Lipinski definition) is 1. The van der Waals surface area contributed by atoms with Crippen LogP contribution in [0.15, 0.2) is 18.5 Å². The summed E-state index contributed by atoms with van der Waals surface area (Å²) in [6, 6.07) is 3.05. The Labute approximate surface area is 119 Å². The Balaban J connectivity index is 1.90. The molecule has 0 atom stereocenters. The summed E-state index contributed by atoms with van der Waals surface area (Å²) in [5.74, 6) is 0.369. The second-order valence-electron chi connectivity index (χ2n) is 3.81. The molecule has 0 unspecified atom stereocenters. The van der Waals surface area contributed by atoms with Gasteiger partial charge in [-0.05, 0) is 12.1 Å². The van der Waals surface area contributed by atoms with Crippen molar-refractivity contribution in [2.75, 3.05) is 6.54 Å². The van der Waals surface area contributed by atoms with E-state index in [0.29, 0.717) is 24.4 Å². The van der Waals surface area contributed by atoms with Crippen LogP contribution >= 0.6 is 23.2 Å². The SMILES string of the molecule is Cn1cnc(CCNC(=O)c2ccc(Cl)nc2Cl)n1. The highest BCUT2D eigenvalue weighted by Gasteiger charge is 2.11. The van der Waals surface area contributed by atoms with E-state index in [-0.39, 0.29) is 16.2 Å². The molecule has 0 aliphatic rings. The molecule has 1 amide bonds. The number of halogens is 2. The van der Waals surface area contributed by atoms with Gasteiger partial charge >= 0.3 is 0 Å². The van der Waals surface area contributed by atoms with Gasteiger partial charge in [-0.15, -0.1) is 0 Å². The van der Waals surface area contributed by atoms with Gasteiger partial charge in [-0.1, -0.05) is 23.2 Å². The molecule has 8 heteroatoms. The van der Waals surface area contributed by atoms with Crippen molar-refractivity contribution in [3.05, 3.63) is 40.2 Å². The highest BCUT2D eigenvalue weighted by Crippen LogP contribution is 2.16. The predicted molar refractivity (Wildman–Crippen MR) is 71.3 cm³/mol. The highest BCUT2D eigenvalue weighted by atomic mass is 35.5. The summed E-state index contributed by atoms with van der Waals surface area (Å²) in [5.41, 5.74) is 0.292. The fraction of sp³-hybridized carbons (Fsp3) is 0.273. The van der Waals surface area contributed by atoms with Gasteiger partial charge in [0.1, 0.15) is 16.6 Å². The van der Waals surface area contributed by atoms with Gasteiger partial charge in [-0.3, -0.25) is 9.48 Å². The van der Waals surface area contributed by atoms with Gasteiger partial charge in [0.05, 0.1) is 5.56 Å². The van der Waals surface area contributed by atoms with Gasteiger partial charge in [-0.2, -0.15) is 5.10 Å². The number of hydrogen-bond acceptors (Lipinski definition) is 4. The molecule has 2 rings (SSSR count). The quantitative estimate of drug-likeness (QED) is 0.868. The number of aromatic nitrogens is 4. The van der Waals surface area contributed by atoms with Crippen molar-refractivity contribution in [1.82, 2.24) is 25.1 Å². The van der Waals surface area contributed by atoms with Crippen molar-refractivity contribution in [2.45, 2.75) is 6.42 Å². The zero-order valence-electron chi connectivity index (χ0n) is 10.1. The topological polar surface area (TPSA) is 72.7 Å². The molecule has 0 saturated carbocycles. The van der Waals surface area contributed by atoms with Crippen LogP contribution in [0.5, 0.6) is 0 Å². The molecule has 100 valence electrons. The lowest BCUT2D eigenvalue weighted by atomic mass is 10.2. The normalized spacial score (nSPS) is 10.5. The molecule has 1 N–H and O–H groups in total. The zero-order valence-corrected chi connectivity index (χ0v) is 11.6. The minimum Gasteiger partial charge on any atom is -0.351 e. The van der Waals surface area contributed by atoms with E-state index in [1.807, 2.05) is 0 Å². The van der Waals surface area contributed by atoms with Crippen LogP contribution in [-0.2, 0) is 13.5 Å². The number of carbonyl (C=O) groups is 1. The molecule has 0 bridgehead atoms. The van der Waals surface area contributed by atoms with Gasteiger partial charge in [0, 0.05) is 20.0 Å². The molecule has 0 aromatic carbocycles. The van der Waals surface area contributed by atoms with E-state index in [2.05, 4.69) is 20.4 Å². The summed E-state index contributed by atoms with van der Waals surface area (Å²) < 4.78 is 1.61. The maximum absolute atomic E-state index is 11.8. The molecular formula is C11H11Cl2N5O. The van der Waals surface area contributed by atoms with Gasteiger partial charge in [0.2, 0.25) is 0 Å². The molecule has 0 aliphatic carbocycles. The lowest BCUT2D eigenvalue weighted by molar-refractivity contribution is 0.0954. The van der Waals surface area contributed by atoms with E-state index in [0.717, 1.165) is 0 Å². The average molecular weight is 300 g/mol. The zero-order chi connectivity index (χ0) is 13.8. The Morgan fingerprint density at radius 1 is 1.42 bits per heavy atom. The first-order valence-corrected chi connectivity index (χ1v) is 6.26. The molecule has 0 aliphatic heterocycles. The number of pyridine rings is 1. The minimum absolute atomic E-state index is 0.0842. The molecule has 19 heavy (non-hydrogen) atoms. The summed E-state index contributed by atoms with van der Waals surface area (Å²) in [6.07, 6.45) is 2.16. The number of rotatable bonds is 4. The third kappa shape index (κ3) is 3.65. The Kier molecular flexibility index (Phi) is 4.34. The van der Waals surface area contributed by atoms with Crippen molar-refractivity contribution in [2.24, 2.45) is 7.05 Å². The molecule has 0 radical (unpaired) electrons. The van der Waals surface area contributed by atoms with Crippen molar-refractivity contribution >= 4 is 29.1 Å². The number of aryl methyl sites for hydroxylation is 1. The van der Waals surface area contributed by atoms with Crippen LogP contribution in [0.3, 0.4) is 0 Å². The highest BCUT2D eigenvalue weighted by molar-refractivity contribution is 6.34. The fourth-order valence-electron chi connectivity index (χ4n) is 1.46. The molecule has 2 aromatic heterocycles. The van der Waals surface area contributed by atoms with Crippen LogP contribution in [-0.4, -0.2) is 32.2 Å². The molecule has 0 saturated heterocycles. The smallest absolute Gasteiger partial charge is 0.254 e. The molecule has 0 fully saturated rings. The van der Waals surface area contributed by atoms with Crippen LogP contribution in [0.2, 0.25) is 10.3 Å². The van der Waals surface area contributed by atoms with E-state index in [9.17, 15) is 4.79 Å². The monoisotopic (exact) mass is 299 g/mol. The summed E-state index contributed by atoms with van der Waals surface area (Å²) in [7, 11) is 1.79. The predicted octanol–water partition coefficient (Wildman–Crippen LogP) is 1.49. The fourth-order valence-corrected chi connectivity index (χ4v) is 1.89. The minimum atomic E-state index is -0.301. The summed E-state index contributed by atoms with van der Waals surface area (Å²) >= 11 is 11.5. The Hall–Kier alpha value is -1.66. The Morgan fingerprint density at radius 3 is 2.84 bits per heavy atom. The first-order valence-electron chi connectivity index (χ1n) is 5.51. The van der Waals surface area contributed by atoms with E-state index < -0.39 is 0 Å². The first-order chi connectivity index (χ1) is 9.06. The van der Waals surface area contributed by atoms with E-state index in [1.54, 1.807) is 18.1 Å². The van der Waals surface area contributed by atoms with E-state index in [1.165, 1.54) is 12.1 Å². The largest absolute Gasteiger partial charge is 0.351 e. The lowest BCUT2D eigenvalue weighted by Crippen LogP contribution is -2.26. The molecule has 2 aromatic rings. The van der Waals surface area contributed by atoms with Crippen LogP contribution in [0.4, 0.5) is 0 Å². The lowest BCUT2D eigenvalue weighted by Gasteiger charge is -2.05. The van der Waals surface area contributed by atoms with Gasteiger partial charge in [0.25, 0.3) is 5.91 Å². The maximum Gasteiger partial charge on any atom is 0.254 e. The van der Waals surface area contributed by atoms with Crippen LogP contribution in [0, 0.1) is 0 Å². The standard InChI is InChI=1S/C11H11Cl2N5O/c1-18-6-15-9(17-18)4-5-14-11(19)7-2-3-8(12)16-10(7)13/h2-3,6H,4-5H2,1H3,(H,14,19). The summed E-state index contributed by atoms with van der Waals surface area (Å²) in [6.45, 7) is 0.418. The summed E-state index contributed by atoms with van der Waals surface area (Å²) in [4.78, 5) is 19.7. The average Bonchev–Trinajstić information content (AvgIpc) is 2.75. The van der Waals surface area contributed by atoms with Crippen LogP contribution in [0.1, 0.15) is 16.2 Å². The van der Waals surface area contributed by atoms with Crippen molar-refractivity contribution < 1.29 is 4.79 Å². The van der Waals surface area contributed by atoms with Gasteiger partial charge < -0.3 is 5.32 Å². The van der Waals surface area contributed by atoms with Gasteiger partial charge in [0.15, 0.2) is 5.82 Å². The third-order valence-corrected chi connectivity index (χ3v) is 2.84. The molecular weight excluding hydrogens is 289 g/mol. The maximum atomic E-state index is 11.8. The van der Waals surface area contributed by atoms with Crippen molar-refractivity contribution in [3.8, 4) is 0 Å². The van der Waals surface area contributed by atoms with Crippen LogP contribution in [0.25, 0.3) is 0 Å². The van der Waals surface area contributed by atoms with Gasteiger partial charge in [-0.25, -0.2) is 9.97 Å². The second kappa shape index (κ2) is 5.99. The second-order valence-corrected chi connectivity index (χ2v) is 4.56. The van der Waals surface area contributed by atoms with Crippen molar-refractivity contribution in [1.29, 1.82) is 0 Å². The molecule has 0 spiro atoms. The summed E-state index contributed by atoms with van der Waals surface area (Å²) in [5, 5.41) is 7.16. The number of nitrogens with one attached hydrogen (secondary N) is 1. The number of nitrogens with zero attached hydrogens (tertiary/aromatic N) is 4. The Morgan fingerprint density at radius 2 is 2.21 bits per heavy atom. The third-order valence-electron chi connectivity index (χ3n) is 2.34. The first kappa shape index (κ1) is 13.8. The Bertz CT molecular complexity index is 599. The number of amides is 1. The molecule has 6 nitrogen and oxygen atoms in total. The van der Waals surface area contributed by atoms with E-state index in [4.69, 9.17) is 23.2 Å². The molecule has 2 heterocycles. The van der Waals surface area contributed by atoms with Crippen molar-refractivity contribution in [3.63, 3.8) is 0 Å².